The number of benzene rings is 3. The standard InChI is InChI=1S/C21H15N3O/c22-12-18-16-9-3-4-10-17(16)20(13-25)24(21(18)23)19-11-5-7-14-6-1-2-8-15(14)19/h1-11,13,20H,23H2. The van der Waals surface area contributed by atoms with Gasteiger partial charge >= 0.3 is 0 Å². The summed E-state index contributed by atoms with van der Waals surface area (Å²) in [5, 5.41) is 11.7. The maximum atomic E-state index is 12.0. The van der Waals surface area contributed by atoms with Crippen molar-refractivity contribution in [3.63, 3.8) is 0 Å². The molecule has 2 N–H and O–H groups in total. The van der Waals surface area contributed by atoms with E-state index in [-0.39, 0.29) is 0 Å². The summed E-state index contributed by atoms with van der Waals surface area (Å²) in [6.45, 7) is 0. The van der Waals surface area contributed by atoms with Gasteiger partial charge < -0.3 is 15.4 Å². The van der Waals surface area contributed by atoms with Gasteiger partial charge in [-0.05, 0) is 17.0 Å². The number of nitrogens with zero attached hydrogens (tertiary/aromatic N) is 2. The van der Waals surface area contributed by atoms with Crippen molar-refractivity contribution >= 4 is 28.3 Å². The Balaban J connectivity index is 2.04. The zero-order valence-corrected chi connectivity index (χ0v) is 13.4. The third-order valence-electron chi connectivity index (χ3n) is 4.61. The van der Waals surface area contributed by atoms with Gasteiger partial charge in [0, 0.05) is 10.9 Å². The number of rotatable bonds is 2. The summed E-state index contributed by atoms with van der Waals surface area (Å²) in [4.78, 5) is 13.7. The Hall–Kier alpha value is -3.58. The summed E-state index contributed by atoms with van der Waals surface area (Å²) in [5.41, 5.74) is 9.07. The highest BCUT2D eigenvalue weighted by atomic mass is 16.1. The average molecular weight is 325 g/mol. The van der Waals surface area contributed by atoms with Gasteiger partial charge in [0.25, 0.3) is 0 Å². The molecule has 0 spiro atoms. The quantitative estimate of drug-likeness (QED) is 0.729. The third-order valence-corrected chi connectivity index (χ3v) is 4.61. The Labute approximate surface area is 145 Å². The molecule has 0 aliphatic carbocycles. The second-order valence-electron chi connectivity index (χ2n) is 5.91. The van der Waals surface area contributed by atoms with Crippen LogP contribution < -0.4 is 10.6 Å². The minimum absolute atomic E-state index is 0.301. The van der Waals surface area contributed by atoms with E-state index in [0.29, 0.717) is 11.4 Å². The summed E-state index contributed by atoms with van der Waals surface area (Å²) in [7, 11) is 0. The second kappa shape index (κ2) is 5.81. The number of anilines is 1. The van der Waals surface area contributed by atoms with E-state index in [9.17, 15) is 10.1 Å². The number of carbonyl (C=O) groups excluding carboxylic acids is 1. The van der Waals surface area contributed by atoms with E-state index in [1.165, 1.54) is 0 Å². The molecule has 1 aliphatic rings. The van der Waals surface area contributed by atoms with Gasteiger partial charge in [-0.15, -0.1) is 0 Å². The maximum absolute atomic E-state index is 12.0. The number of nitrogens with two attached hydrogens (primary N) is 1. The van der Waals surface area contributed by atoms with Crippen molar-refractivity contribution in [3.8, 4) is 6.07 Å². The Bertz CT molecular complexity index is 1060. The van der Waals surface area contributed by atoms with Gasteiger partial charge in [-0.25, -0.2) is 0 Å². The van der Waals surface area contributed by atoms with Crippen LogP contribution in [0.3, 0.4) is 0 Å². The van der Waals surface area contributed by atoms with Gasteiger partial charge in [-0.1, -0.05) is 60.7 Å². The molecule has 120 valence electrons. The van der Waals surface area contributed by atoms with E-state index in [4.69, 9.17) is 5.73 Å². The molecule has 1 heterocycles. The molecule has 1 aliphatic heterocycles. The lowest BCUT2D eigenvalue weighted by atomic mass is 9.90. The average Bonchev–Trinajstić information content (AvgIpc) is 2.67. The Morgan fingerprint density at radius 1 is 1.00 bits per heavy atom. The number of nitriles is 1. The summed E-state index contributed by atoms with van der Waals surface area (Å²) in [6.07, 6.45) is 0.877. The SMILES string of the molecule is N#CC1=C(N)N(c2cccc3ccccc23)C(C=O)c2ccccc21. The molecule has 3 aromatic carbocycles. The van der Waals surface area contributed by atoms with Crippen LogP contribution in [-0.4, -0.2) is 6.29 Å². The lowest BCUT2D eigenvalue weighted by molar-refractivity contribution is -0.109. The highest BCUT2D eigenvalue weighted by molar-refractivity contribution is 5.99. The van der Waals surface area contributed by atoms with Gasteiger partial charge in [0.05, 0.1) is 11.3 Å². The van der Waals surface area contributed by atoms with E-state index in [1.807, 2.05) is 66.7 Å². The van der Waals surface area contributed by atoms with Gasteiger partial charge in [0.15, 0.2) is 0 Å². The Morgan fingerprint density at radius 2 is 1.72 bits per heavy atom. The monoisotopic (exact) mass is 325 g/mol. The molecule has 4 heteroatoms. The minimum atomic E-state index is -0.570. The van der Waals surface area contributed by atoms with Crippen LogP contribution in [0.1, 0.15) is 17.2 Å². The van der Waals surface area contributed by atoms with E-state index < -0.39 is 6.04 Å². The second-order valence-corrected chi connectivity index (χ2v) is 5.91. The number of allylic oxidation sites excluding steroid dienone is 1. The highest BCUT2D eigenvalue weighted by Gasteiger charge is 2.33. The fourth-order valence-corrected chi connectivity index (χ4v) is 3.48. The first-order valence-corrected chi connectivity index (χ1v) is 7.97. The molecule has 1 atom stereocenters. The first-order valence-electron chi connectivity index (χ1n) is 7.97. The summed E-state index contributed by atoms with van der Waals surface area (Å²) in [6, 6.07) is 22.8. The highest BCUT2D eigenvalue weighted by Crippen LogP contribution is 2.41. The van der Waals surface area contributed by atoms with Gasteiger partial charge in [0.1, 0.15) is 24.2 Å². The van der Waals surface area contributed by atoms with E-state index in [1.54, 1.807) is 4.90 Å². The van der Waals surface area contributed by atoms with Gasteiger partial charge in [-0.3, -0.25) is 0 Å². The topological polar surface area (TPSA) is 70.1 Å². The van der Waals surface area contributed by atoms with Crippen molar-refractivity contribution in [2.45, 2.75) is 6.04 Å². The number of hydrogen-bond donors (Lipinski definition) is 1. The molecule has 0 fully saturated rings. The predicted molar refractivity (Wildman–Crippen MR) is 98.4 cm³/mol. The van der Waals surface area contributed by atoms with E-state index in [0.717, 1.165) is 33.9 Å². The third kappa shape index (κ3) is 2.18. The lowest BCUT2D eigenvalue weighted by Gasteiger charge is -2.36. The smallest absolute Gasteiger partial charge is 0.147 e. The number of hydrogen-bond acceptors (Lipinski definition) is 4. The van der Waals surface area contributed by atoms with Crippen molar-refractivity contribution in [1.82, 2.24) is 0 Å². The van der Waals surface area contributed by atoms with E-state index >= 15 is 0 Å². The Kier molecular flexibility index (Phi) is 3.48. The summed E-state index contributed by atoms with van der Waals surface area (Å²) in [5.74, 6) is 0.301. The van der Waals surface area contributed by atoms with Crippen LogP contribution in [0, 0.1) is 11.3 Å². The van der Waals surface area contributed by atoms with Gasteiger partial charge in [-0.2, -0.15) is 5.26 Å². The molecule has 0 amide bonds. The zero-order chi connectivity index (χ0) is 17.4. The molecule has 0 bridgehead atoms. The van der Waals surface area contributed by atoms with Crippen molar-refractivity contribution in [1.29, 1.82) is 5.26 Å². The van der Waals surface area contributed by atoms with Crippen molar-refractivity contribution in [2.24, 2.45) is 5.73 Å². The van der Waals surface area contributed by atoms with Crippen LogP contribution in [0.5, 0.6) is 0 Å². The van der Waals surface area contributed by atoms with Crippen LogP contribution in [0.4, 0.5) is 5.69 Å². The number of carbonyl (C=O) groups is 1. The molecule has 0 saturated carbocycles. The molecule has 25 heavy (non-hydrogen) atoms. The van der Waals surface area contributed by atoms with Gasteiger partial charge in [0.2, 0.25) is 0 Å². The summed E-state index contributed by atoms with van der Waals surface area (Å²) < 4.78 is 0. The fourth-order valence-electron chi connectivity index (χ4n) is 3.48. The van der Waals surface area contributed by atoms with Crippen LogP contribution in [0.2, 0.25) is 0 Å². The molecule has 3 aromatic rings. The predicted octanol–water partition coefficient (Wildman–Crippen LogP) is 3.75. The Morgan fingerprint density at radius 3 is 2.52 bits per heavy atom. The first-order chi connectivity index (χ1) is 12.3. The molecular formula is C21H15N3O. The maximum Gasteiger partial charge on any atom is 0.147 e. The van der Waals surface area contributed by atoms with Crippen LogP contribution >= 0.6 is 0 Å². The molecule has 0 radical (unpaired) electrons. The minimum Gasteiger partial charge on any atom is -0.384 e. The molecule has 0 aromatic heterocycles. The first kappa shape index (κ1) is 15.0. The van der Waals surface area contributed by atoms with Crippen LogP contribution in [0.25, 0.3) is 16.3 Å². The van der Waals surface area contributed by atoms with Crippen molar-refractivity contribution in [2.75, 3.05) is 4.90 Å². The van der Waals surface area contributed by atoms with Crippen LogP contribution in [0.15, 0.2) is 72.6 Å². The van der Waals surface area contributed by atoms with E-state index in [2.05, 4.69) is 6.07 Å². The number of fused-ring (bicyclic) bond motifs is 2. The zero-order valence-electron chi connectivity index (χ0n) is 13.4. The number of aldehydes is 1. The van der Waals surface area contributed by atoms with Crippen LogP contribution in [-0.2, 0) is 4.79 Å². The normalized spacial score (nSPS) is 16.4. The molecule has 0 saturated heterocycles. The fraction of sp³-hybridized carbons (Fsp3) is 0.0476. The molecule has 4 nitrogen and oxygen atoms in total. The molecule has 1 unspecified atom stereocenters. The lowest BCUT2D eigenvalue weighted by Crippen LogP contribution is -2.37. The van der Waals surface area contributed by atoms with Crippen molar-refractivity contribution < 1.29 is 4.79 Å². The molecular weight excluding hydrogens is 310 g/mol. The summed E-state index contributed by atoms with van der Waals surface area (Å²) >= 11 is 0. The molecule has 4 rings (SSSR count). The van der Waals surface area contributed by atoms with Crippen molar-refractivity contribution in [3.05, 3.63) is 83.7 Å². The largest absolute Gasteiger partial charge is 0.384 e.